The van der Waals surface area contributed by atoms with Crippen molar-refractivity contribution in [1.29, 1.82) is 0 Å². The first-order valence-corrected chi connectivity index (χ1v) is 8.06. The van der Waals surface area contributed by atoms with Gasteiger partial charge in [0.1, 0.15) is 0 Å². The van der Waals surface area contributed by atoms with Gasteiger partial charge in [0, 0.05) is 46.1 Å². The van der Waals surface area contributed by atoms with E-state index in [9.17, 15) is 9.59 Å². The van der Waals surface area contributed by atoms with Crippen LogP contribution in [0.2, 0.25) is 0 Å². The molecule has 5 nitrogen and oxygen atoms in total. The fourth-order valence-electron chi connectivity index (χ4n) is 2.97. The van der Waals surface area contributed by atoms with Crippen molar-refractivity contribution in [1.82, 2.24) is 15.1 Å². The maximum absolute atomic E-state index is 12.1. The summed E-state index contributed by atoms with van der Waals surface area (Å²) < 4.78 is 0. The number of nitrogens with one attached hydrogen (secondary N) is 1. The molecule has 0 aromatic rings. The molecule has 5 heteroatoms. The number of allylic oxidation sites excluding steroid dienone is 2. The monoisotopic (exact) mass is 293 g/mol. The first-order valence-electron chi connectivity index (χ1n) is 8.06. The van der Waals surface area contributed by atoms with Crippen LogP contribution in [0.25, 0.3) is 0 Å². The normalized spacial score (nSPS) is 22.4. The second kappa shape index (κ2) is 8.17. The van der Waals surface area contributed by atoms with Crippen molar-refractivity contribution in [2.75, 3.05) is 39.3 Å². The minimum absolute atomic E-state index is 0.102. The molecule has 0 aromatic carbocycles. The van der Waals surface area contributed by atoms with E-state index in [1.807, 2.05) is 4.90 Å². The predicted octanol–water partition coefficient (Wildman–Crippen LogP) is 1.01. The maximum Gasteiger partial charge on any atom is 0.223 e. The molecule has 0 aromatic heterocycles. The molecule has 21 heavy (non-hydrogen) atoms. The molecule has 2 amide bonds. The minimum Gasteiger partial charge on any atom is -0.339 e. The first kappa shape index (κ1) is 16.0. The molecule has 0 saturated carbocycles. The number of hydrogen-bond donors (Lipinski definition) is 1. The van der Waals surface area contributed by atoms with E-state index in [1.54, 1.807) is 11.8 Å². The van der Waals surface area contributed by atoms with Gasteiger partial charge in [0.25, 0.3) is 0 Å². The Kier molecular flexibility index (Phi) is 6.23. The zero-order valence-corrected chi connectivity index (χ0v) is 13.0. The third kappa shape index (κ3) is 5.16. The van der Waals surface area contributed by atoms with E-state index in [-0.39, 0.29) is 11.8 Å². The summed E-state index contributed by atoms with van der Waals surface area (Å²) in [6.07, 6.45) is 8.67. The molecule has 118 valence electrons. The molecular formula is C16H27N3O2. The summed E-state index contributed by atoms with van der Waals surface area (Å²) >= 11 is 0. The number of rotatable bonds is 5. The van der Waals surface area contributed by atoms with Crippen LogP contribution in [0.4, 0.5) is 0 Å². The molecule has 1 atom stereocenters. The average Bonchev–Trinajstić information content (AvgIpc) is 2.52. The molecule has 1 aliphatic heterocycles. The Hall–Kier alpha value is -1.36. The van der Waals surface area contributed by atoms with Crippen molar-refractivity contribution in [3.63, 3.8) is 0 Å². The SMILES string of the molecule is CC(=O)N1CCN(C(=O)CCNC[C@@H]2CC=CCC2)CC1. The van der Waals surface area contributed by atoms with Crippen molar-refractivity contribution in [2.24, 2.45) is 5.92 Å². The van der Waals surface area contributed by atoms with Crippen molar-refractivity contribution in [3.05, 3.63) is 12.2 Å². The van der Waals surface area contributed by atoms with Crippen LogP contribution in [0.1, 0.15) is 32.6 Å². The minimum atomic E-state index is 0.102. The second-order valence-electron chi connectivity index (χ2n) is 5.99. The van der Waals surface area contributed by atoms with Crippen LogP contribution in [-0.4, -0.2) is 60.9 Å². The van der Waals surface area contributed by atoms with E-state index in [2.05, 4.69) is 17.5 Å². The lowest BCUT2D eigenvalue weighted by atomic mass is 9.94. The van der Waals surface area contributed by atoms with Gasteiger partial charge < -0.3 is 15.1 Å². The van der Waals surface area contributed by atoms with E-state index in [0.717, 1.165) is 25.4 Å². The van der Waals surface area contributed by atoms with Crippen LogP contribution in [-0.2, 0) is 9.59 Å². The summed E-state index contributed by atoms with van der Waals surface area (Å²) in [5, 5.41) is 3.41. The molecule has 2 aliphatic rings. The summed E-state index contributed by atoms with van der Waals surface area (Å²) in [4.78, 5) is 27.0. The van der Waals surface area contributed by atoms with Gasteiger partial charge in [-0.05, 0) is 31.7 Å². The number of nitrogens with zero attached hydrogens (tertiary/aromatic N) is 2. The predicted molar refractivity (Wildman–Crippen MR) is 82.8 cm³/mol. The number of hydrogen-bond acceptors (Lipinski definition) is 3. The number of carbonyl (C=O) groups is 2. The fourth-order valence-corrected chi connectivity index (χ4v) is 2.97. The quantitative estimate of drug-likeness (QED) is 0.608. The summed E-state index contributed by atoms with van der Waals surface area (Å²) in [5.41, 5.74) is 0. The lowest BCUT2D eigenvalue weighted by Crippen LogP contribution is -2.50. The van der Waals surface area contributed by atoms with Crippen LogP contribution in [0.5, 0.6) is 0 Å². The van der Waals surface area contributed by atoms with E-state index in [1.165, 1.54) is 12.8 Å². The van der Waals surface area contributed by atoms with Crippen LogP contribution >= 0.6 is 0 Å². The number of amides is 2. The van der Waals surface area contributed by atoms with Gasteiger partial charge >= 0.3 is 0 Å². The Labute approximate surface area is 127 Å². The van der Waals surface area contributed by atoms with Crippen molar-refractivity contribution in [3.8, 4) is 0 Å². The Bertz CT molecular complexity index is 387. The molecule has 0 radical (unpaired) electrons. The molecule has 2 rings (SSSR count). The van der Waals surface area contributed by atoms with Gasteiger partial charge in [-0.2, -0.15) is 0 Å². The molecule has 0 unspecified atom stereocenters. The van der Waals surface area contributed by atoms with Gasteiger partial charge in [-0.25, -0.2) is 0 Å². The first-order chi connectivity index (χ1) is 10.2. The number of carbonyl (C=O) groups excluding carboxylic acids is 2. The highest BCUT2D eigenvalue weighted by atomic mass is 16.2. The summed E-state index contributed by atoms with van der Waals surface area (Å²) in [7, 11) is 0. The zero-order chi connectivity index (χ0) is 15.1. The third-order valence-electron chi connectivity index (χ3n) is 4.40. The van der Waals surface area contributed by atoms with Crippen LogP contribution in [0, 0.1) is 5.92 Å². The highest BCUT2D eigenvalue weighted by Crippen LogP contribution is 2.16. The van der Waals surface area contributed by atoms with E-state index < -0.39 is 0 Å². The zero-order valence-electron chi connectivity index (χ0n) is 13.0. The highest BCUT2D eigenvalue weighted by Gasteiger charge is 2.21. The molecule has 1 fully saturated rings. The van der Waals surface area contributed by atoms with Crippen LogP contribution in [0.15, 0.2) is 12.2 Å². The molecular weight excluding hydrogens is 266 g/mol. The number of piperazine rings is 1. The van der Waals surface area contributed by atoms with Gasteiger partial charge in [0.05, 0.1) is 0 Å². The Balaban J connectivity index is 1.57. The average molecular weight is 293 g/mol. The lowest BCUT2D eigenvalue weighted by Gasteiger charge is -2.34. The maximum atomic E-state index is 12.1. The van der Waals surface area contributed by atoms with Crippen molar-refractivity contribution >= 4 is 11.8 Å². The largest absolute Gasteiger partial charge is 0.339 e. The molecule has 1 saturated heterocycles. The standard InChI is InChI=1S/C16H27N3O2/c1-14(20)18-9-11-19(12-10-18)16(21)7-8-17-13-15-5-3-2-4-6-15/h2-3,15,17H,4-13H2,1H3/t15-/m1/s1. The molecule has 0 bridgehead atoms. The third-order valence-corrected chi connectivity index (χ3v) is 4.40. The molecule has 1 aliphatic carbocycles. The highest BCUT2D eigenvalue weighted by molar-refractivity contribution is 5.77. The van der Waals surface area contributed by atoms with Gasteiger partial charge in [0.15, 0.2) is 0 Å². The summed E-state index contributed by atoms with van der Waals surface area (Å²) in [6, 6.07) is 0. The van der Waals surface area contributed by atoms with Crippen LogP contribution < -0.4 is 5.32 Å². The fraction of sp³-hybridized carbons (Fsp3) is 0.750. The topological polar surface area (TPSA) is 52.7 Å². The smallest absolute Gasteiger partial charge is 0.223 e. The van der Waals surface area contributed by atoms with Gasteiger partial charge in [-0.15, -0.1) is 0 Å². The van der Waals surface area contributed by atoms with Gasteiger partial charge in [-0.1, -0.05) is 12.2 Å². The van der Waals surface area contributed by atoms with Crippen molar-refractivity contribution < 1.29 is 9.59 Å². The Morgan fingerprint density at radius 3 is 2.48 bits per heavy atom. The van der Waals surface area contributed by atoms with Gasteiger partial charge in [0.2, 0.25) is 11.8 Å². The molecule has 1 heterocycles. The lowest BCUT2D eigenvalue weighted by molar-refractivity contribution is -0.138. The Morgan fingerprint density at radius 1 is 1.14 bits per heavy atom. The van der Waals surface area contributed by atoms with Crippen molar-refractivity contribution in [2.45, 2.75) is 32.6 Å². The van der Waals surface area contributed by atoms with Crippen LogP contribution in [0.3, 0.4) is 0 Å². The molecule has 0 spiro atoms. The van der Waals surface area contributed by atoms with E-state index in [0.29, 0.717) is 32.6 Å². The van der Waals surface area contributed by atoms with E-state index in [4.69, 9.17) is 0 Å². The second-order valence-corrected chi connectivity index (χ2v) is 5.99. The van der Waals surface area contributed by atoms with Gasteiger partial charge in [-0.3, -0.25) is 9.59 Å². The Morgan fingerprint density at radius 2 is 1.86 bits per heavy atom. The summed E-state index contributed by atoms with van der Waals surface area (Å²) in [6.45, 7) is 6.03. The summed E-state index contributed by atoms with van der Waals surface area (Å²) in [5.74, 6) is 1.03. The molecule has 1 N–H and O–H groups in total. The van der Waals surface area contributed by atoms with E-state index >= 15 is 0 Å².